The quantitative estimate of drug-likeness (QED) is 0.588. The molecular formula is C14H24F3NO5. The minimum absolute atomic E-state index is 0.188. The number of carbonyl (C=O) groups is 2. The monoisotopic (exact) mass is 343 g/mol. The van der Waals surface area contributed by atoms with E-state index in [-0.39, 0.29) is 5.97 Å². The van der Waals surface area contributed by atoms with Crippen molar-refractivity contribution < 1.29 is 37.3 Å². The number of carbonyl (C=O) groups excluding carboxylic acids is 1. The van der Waals surface area contributed by atoms with Crippen LogP contribution in [0.25, 0.3) is 0 Å². The van der Waals surface area contributed by atoms with Crippen molar-refractivity contribution in [2.24, 2.45) is 0 Å². The number of rotatable bonds is 5. The molecular weight excluding hydrogens is 319 g/mol. The maximum atomic E-state index is 11.3. The van der Waals surface area contributed by atoms with Gasteiger partial charge in [-0.1, -0.05) is 0 Å². The highest BCUT2D eigenvalue weighted by Crippen LogP contribution is 2.13. The van der Waals surface area contributed by atoms with E-state index in [4.69, 9.17) is 19.4 Å². The highest BCUT2D eigenvalue weighted by Gasteiger charge is 2.38. The molecule has 1 aliphatic heterocycles. The third kappa shape index (κ3) is 12.8. The summed E-state index contributed by atoms with van der Waals surface area (Å²) >= 11 is 0. The van der Waals surface area contributed by atoms with Gasteiger partial charge in [-0.3, -0.25) is 4.79 Å². The summed E-state index contributed by atoms with van der Waals surface area (Å²) in [5, 5.41) is 10.5. The van der Waals surface area contributed by atoms with E-state index < -0.39 is 17.7 Å². The predicted octanol–water partition coefficient (Wildman–Crippen LogP) is 2.12. The van der Waals surface area contributed by atoms with Gasteiger partial charge in [-0.2, -0.15) is 13.2 Å². The Balaban J connectivity index is 0.000000585. The van der Waals surface area contributed by atoms with Crippen molar-refractivity contribution in [3.8, 4) is 0 Å². The minimum atomic E-state index is -5.08. The molecule has 23 heavy (non-hydrogen) atoms. The van der Waals surface area contributed by atoms with Crippen LogP contribution in [0.15, 0.2) is 0 Å². The molecule has 0 aromatic rings. The van der Waals surface area contributed by atoms with Crippen molar-refractivity contribution in [1.29, 1.82) is 0 Å². The number of alkyl halides is 3. The summed E-state index contributed by atoms with van der Waals surface area (Å²) < 4.78 is 42.4. The van der Waals surface area contributed by atoms with Gasteiger partial charge in [-0.25, -0.2) is 4.79 Å². The SMILES string of the molecule is CC(C)(C)OC(=O)CCOC[C@@H]1CCCN1.O=C(O)C(F)(F)F. The average Bonchev–Trinajstić information content (AvgIpc) is 2.85. The van der Waals surface area contributed by atoms with Gasteiger partial charge in [0.1, 0.15) is 5.60 Å². The Bertz CT molecular complexity index is 374. The standard InChI is InChI=1S/C12H23NO3.C2HF3O2/c1-12(2,3)16-11(14)6-8-15-9-10-5-4-7-13-10;3-2(4,5)1(6)7/h10,13H,4-9H2,1-3H3;(H,6,7)/t10-;/m0./s1. The molecule has 0 bridgehead atoms. The number of halogens is 3. The van der Waals surface area contributed by atoms with Gasteiger partial charge in [-0.05, 0) is 40.2 Å². The van der Waals surface area contributed by atoms with Crippen LogP contribution in [0.3, 0.4) is 0 Å². The number of hydrogen-bond acceptors (Lipinski definition) is 5. The smallest absolute Gasteiger partial charge is 0.475 e. The van der Waals surface area contributed by atoms with Gasteiger partial charge in [0, 0.05) is 6.04 Å². The van der Waals surface area contributed by atoms with Gasteiger partial charge in [0.15, 0.2) is 0 Å². The third-order valence-corrected chi connectivity index (χ3v) is 2.59. The Labute approximate surface area is 133 Å². The summed E-state index contributed by atoms with van der Waals surface area (Å²) in [7, 11) is 0. The summed E-state index contributed by atoms with van der Waals surface area (Å²) in [6.07, 6.45) is -2.35. The Hall–Kier alpha value is -1.35. The number of carboxylic acid groups (broad SMARTS) is 1. The van der Waals surface area contributed by atoms with Crippen LogP contribution in [-0.4, -0.2) is 54.6 Å². The number of hydrogen-bond donors (Lipinski definition) is 2. The van der Waals surface area contributed by atoms with Crippen LogP contribution in [0.5, 0.6) is 0 Å². The van der Waals surface area contributed by atoms with Gasteiger partial charge in [0.2, 0.25) is 0 Å². The maximum Gasteiger partial charge on any atom is 0.490 e. The third-order valence-electron chi connectivity index (χ3n) is 2.59. The largest absolute Gasteiger partial charge is 0.490 e. The fraction of sp³-hybridized carbons (Fsp3) is 0.857. The molecule has 0 radical (unpaired) electrons. The molecule has 136 valence electrons. The number of esters is 1. The van der Waals surface area contributed by atoms with Crippen LogP contribution in [0.2, 0.25) is 0 Å². The van der Waals surface area contributed by atoms with Gasteiger partial charge in [-0.15, -0.1) is 0 Å². The molecule has 0 saturated carbocycles. The second-order valence-corrected chi connectivity index (χ2v) is 6.01. The van der Waals surface area contributed by atoms with E-state index in [1.54, 1.807) is 0 Å². The normalized spacial score (nSPS) is 18.1. The topological polar surface area (TPSA) is 84.9 Å². The van der Waals surface area contributed by atoms with E-state index >= 15 is 0 Å². The van der Waals surface area contributed by atoms with Crippen LogP contribution in [-0.2, 0) is 19.1 Å². The number of carboxylic acids is 1. The fourth-order valence-corrected chi connectivity index (χ4v) is 1.67. The Morgan fingerprint density at radius 2 is 1.83 bits per heavy atom. The zero-order valence-corrected chi connectivity index (χ0v) is 13.5. The van der Waals surface area contributed by atoms with Crippen LogP contribution < -0.4 is 5.32 Å². The molecule has 1 saturated heterocycles. The molecule has 0 amide bonds. The molecule has 6 nitrogen and oxygen atoms in total. The Morgan fingerprint density at radius 3 is 2.22 bits per heavy atom. The number of aliphatic carboxylic acids is 1. The molecule has 1 rings (SSSR count). The first kappa shape index (κ1) is 21.6. The second kappa shape index (κ2) is 9.71. The minimum Gasteiger partial charge on any atom is -0.475 e. The lowest BCUT2D eigenvalue weighted by Crippen LogP contribution is -2.28. The predicted molar refractivity (Wildman–Crippen MR) is 76.0 cm³/mol. The van der Waals surface area contributed by atoms with E-state index in [1.165, 1.54) is 12.8 Å². The first-order valence-electron chi connectivity index (χ1n) is 7.25. The van der Waals surface area contributed by atoms with Crippen molar-refractivity contribution >= 4 is 11.9 Å². The zero-order valence-electron chi connectivity index (χ0n) is 13.5. The van der Waals surface area contributed by atoms with E-state index in [0.717, 1.165) is 6.54 Å². The summed E-state index contributed by atoms with van der Waals surface area (Å²) in [6, 6.07) is 0.471. The highest BCUT2D eigenvalue weighted by molar-refractivity contribution is 5.73. The molecule has 0 aromatic carbocycles. The van der Waals surface area contributed by atoms with Crippen LogP contribution >= 0.6 is 0 Å². The second-order valence-electron chi connectivity index (χ2n) is 6.01. The van der Waals surface area contributed by atoms with E-state index in [0.29, 0.717) is 25.7 Å². The van der Waals surface area contributed by atoms with Gasteiger partial charge >= 0.3 is 18.1 Å². The van der Waals surface area contributed by atoms with Crippen LogP contribution in [0, 0.1) is 0 Å². The molecule has 0 aliphatic carbocycles. The van der Waals surface area contributed by atoms with E-state index in [2.05, 4.69) is 5.32 Å². The Morgan fingerprint density at radius 1 is 1.26 bits per heavy atom. The van der Waals surface area contributed by atoms with Crippen molar-refractivity contribution in [2.45, 2.75) is 57.9 Å². The maximum absolute atomic E-state index is 11.3. The van der Waals surface area contributed by atoms with Crippen molar-refractivity contribution in [3.05, 3.63) is 0 Å². The summed E-state index contributed by atoms with van der Waals surface area (Å²) in [5.74, 6) is -2.95. The Kier molecular flexibility index (Phi) is 9.14. The first-order chi connectivity index (χ1) is 10.4. The fourth-order valence-electron chi connectivity index (χ4n) is 1.67. The molecule has 1 fully saturated rings. The summed E-state index contributed by atoms with van der Waals surface area (Å²) in [4.78, 5) is 20.2. The lowest BCUT2D eigenvalue weighted by atomic mass is 10.2. The molecule has 2 N–H and O–H groups in total. The van der Waals surface area contributed by atoms with Crippen molar-refractivity contribution in [2.75, 3.05) is 19.8 Å². The number of nitrogens with one attached hydrogen (secondary N) is 1. The molecule has 1 aliphatic rings. The molecule has 1 atom stereocenters. The first-order valence-corrected chi connectivity index (χ1v) is 7.25. The average molecular weight is 343 g/mol. The van der Waals surface area contributed by atoms with Gasteiger partial charge in [0.05, 0.1) is 19.6 Å². The van der Waals surface area contributed by atoms with Crippen LogP contribution in [0.1, 0.15) is 40.0 Å². The van der Waals surface area contributed by atoms with Crippen molar-refractivity contribution in [3.63, 3.8) is 0 Å². The van der Waals surface area contributed by atoms with Gasteiger partial charge < -0.3 is 19.9 Å². The van der Waals surface area contributed by atoms with Crippen molar-refractivity contribution in [1.82, 2.24) is 5.32 Å². The number of ether oxygens (including phenoxy) is 2. The van der Waals surface area contributed by atoms with E-state index in [9.17, 15) is 18.0 Å². The molecule has 1 heterocycles. The molecule has 0 spiro atoms. The zero-order chi connectivity index (χ0) is 18.1. The molecule has 0 aromatic heterocycles. The summed E-state index contributed by atoms with van der Waals surface area (Å²) in [5.41, 5.74) is -0.399. The summed E-state index contributed by atoms with van der Waals surface area (Å²) in [6.45, 7) is 7.84. The molecule has 9 heteroatoms. The lowest BCUT2D eigenvalue weighted by Gasteiger charge is -2.19. The lowest BCUT2D eigenvalue weighted by molar-refractivity contribution is -0.192. The van der Waals surface area contributed by atoms with E-state index in [1.807, 2.05) is 20.8 Å². The van der Waals surface area contributed by atoms with Crippen LogP contribution in [0.4, 0.5) is 13.2 Å². The highest BCUT2D eigenvalue weighted by atomic mass is 19.4. The van der Waals surface area contributed by atoms with Gasteiger partial charge in [0.25, 0.3) is 0 Å². The molecule has 0 unspecified atom stereocenters.